The Bertz CT molecular complexity index is 843. The summed E-state index contributed by atoms with van der Waals surface area (Å²) in [5.41, 5.74) is 1.87. The van der Waals surface area contributed by atoms with E-state index in [1.54, 1.807) is 23.8 Å². The maximum Gasteiger partial charge on any atom is 0.407 e. The molecule has 1 unspecified atom stereocenters. The fraction of sp³-hybridized carbons (Fsp3) is 0.381. The van der Waals surface area contributed by atoms with Gasteiger partial charge in [-0.1, -0.05) is 44.2 Å². The lowest BCUT2D eigenvalue weighted by atomic mass is 10.0. The van der Waals surface area contributed by atoms with Crippen LogP contribution in [0.2, 0.25) is 0 Å². The largest absolute Gasteiger partial charge is 0.450 e. The molecular weight excluding hydrogens is 358 g/mol. The first-order valence-electron chi connectivity index (χ1n) is 9.35. The molecule has 1 atom stereocenters. The molecule has 150 valence electrons. The predicted molar refractivity (Wildman–Crippen MR) is 107 cm³/mol. The highest BCUT2D eigenvalue weighted by molar-refractivity contribution is 5.85. The molecule has 0 fully saturated rings. The molecule has 0 aliphatic heterocycles. The number of hydrogen-bond acceptors (Lipinski definition) is 4. The van der Waals surface area contributed by atoms with Gasteiger partial charge in [-0.25, -0.2) is 4.79 Å². The summed E-state index contributed by atoms with van der Waals surface area (Å²) in [6.07, 6.45) is 1.15. The van der Waals surface area contributed by atoms with Gasteiger partial charge in [0, 0.05) is 18.8 Å². The van der Waals surface area contributed by atoms with Crippen LogP contribution in [0.5, 0.6) is 0 Å². The van der Waals surface area contributed by atoms with Gasteiger partial charge in [0.2, 0.25) is 5.91 Å². The number of rotatable bonds is 8. The normalized spacial score (nSPS) is 11.7. The second-order valence-corrected chi connectivity index (χ2v) is 6.79. The van der Waals surface area contributed by atoms with Crippen LogP contribution >= 0.6 is 0 Å². The van der Waals surface area contributed by atoms with Crippen molar-refractivity contribution >= 4 is 12.0 Å². The Balaban J connectivity index is 1.92. The second-order valence-electron chi connectivity index (χ2n) is 6.79. The first-order chi connectivity index (χ1) is 13.4. The minimum absolute atomic E-state index is 0.0485. The number of nitrogens with zero attached hydrogens (tertiary/aromatic N) is 1. The Morgan fingerprint density at radius 3 is 2.36 bits per heavy atom. The zero-order valence-corrected chi connectivity index (χ0v) is 16.5. The van der Waals surface area contributed by atoms with Gasteiger partial charge in [0.05, 0.1) is 13.2 Å². The van der Waals surface area contributed by atoms with Gasteiger partial charge in [0.25, 0.3) is 5.56 Å². The molecule has 0 radical (unpaired) electrons. The van der Waals surface area contributed by atoms with E-state index in [9.17, 15) is 14.4 Å². The number of aromatic nitrogens is 1. The highest BCUT2D eigenvalue weighted by Gasteiger charge is 2.24. The average molecular weight is 385 g/mol. The van der Waals surface area contributed by atoms with Crippen LogP contribution in [-0.2, 0) is 22.6 Å². The summed E-state index contributed by atoms with van der Waals surface area (Å²) in [6.45, 7) is 6.51. The maximum absolute atomic E-state index is 12.4. The molecular formula is C21H27N3O4. The molecule has 2 amide bonds. The van der Waals surface area contributed by atoms with Crippen LogP contribution in [0.3, 0.4) is 0 Å². The lowest BCUT2D eigenvalue weighted by Crippen LogP contribution is -2.49. The minimum Gasteiger partial charge on any atom is -0.450 e. The van der Waals surface area contributed by atoms with E-state index in [1.807, 2.05) is 44.2 Å². The van der Waals surface area contributed by atoms with Gasteiger partial charge < -0.3 is 19.9 Å². The summed E-state index contributed by atoms with van der Waals surface area (Å²) in [4.78, 5) is 35.8. The Morgan fingerprint density at radius 1 is 1.07 bits per heavy atom. The Kier molecular flexibility index (Phi) is 7.80. The number of amides is 2. The molecule has 2 N–H and O–H groups in total. The first kappa shape index (κ1) is 21.2. The summed E-state index contributed by atoms with van der Waals surface area (Å²) in [6, 6.07) is 12.1. The van der Waals surface area contributed by atoms with Crippen LogP contribution in [0, 0.1) is 5.92 Å². The van der Waals surface area contributed by atoms with E-state index in [0.29, 0.717) is 13.1 Å². The smallest absolute Gasteiger partial charge is 0.407 e. The molecule has 7 nitrogen and oxygen atoms in total. The number of alkyl carbamates (subject to hydrolysis) is 1. The van der Waals surface area contributed by atoms with Gasteiger partial charge in [-0.3, -0.25) is 9.59 Å². The third-order valence-corrected chi connectivity index (χ3v) is 4.24. The molecule has 0 spiro atoms. The Labute approximate surface area is 164 Å². The standard InChI is InChI=1S/C21H27N3O4/c1-4-28-21(27)23-19(15(2)3)20(26)22-13-16-8-10-17(11-9-16)14-24-12-6-5-7-18(24)25/h5-12,15,19H,4,13-14H2,1-3H3,(H,22,26)(H,23,27). The summed E-state index contributed by atoms with van der Waals surface area (Å²) in [5, 5.41) is 5.43. The highest BCUT2D eigenvalue weighted by atomic mass is 16.5. The van der Waals surface area contributed by atoms with E-state index < -0.39 is 12.1 Å². The van der Waals surface area contributed by atoms with E-state index in [0.717, 1.165) is 11.1 Å². The molecule has 7 heteroatoms. The third-order valence-electron chi connectivity index (χ3n) is 4.24. The number of pyridine rings is 1. The van der Waals surface area contributed by atoms with Crippen LogP contribution < -0.4 is 16.2 Å². The summed E-state index contributed by atoms with van der Waals surface area (Å²) in [5.74, 6) is -0.334. The van der Waals surface area contributed by atoms with Crippen molar-refractivity contribution in [2.75, 3.05) is 6.61 Å². The second kappa shape index (κ2) is 10.3. The number of benzene rings is 1. The van der Waals surface area contributed by atoms with Crippen molar-refractivity contribution in [3.8, 4) is 0 Å². The molecule has 1 heterocycles. The van der Waals surface area contributed by atoms with Crippen molar-refractivity contribution in [3.05, 3.63) is 70.1 Å². The third kappa shape index (κ3) is 6.26. The average Bonchev–Trinajstić information content (AvgIpc) is 2.67. The monoisotopic (exact) mass is 385 g/mol. The van der Waals surface area contributed by atoms with Crippen molar-refractivity contribution in [1.29, 1.82) is 0 Å². The van der Waals surface area contributed by atoms with Gasteiger partial charge in [-0.2, -0.15) is 0 Å². The molecule has 2 aromatic rings. The molecule has 1 aromatic carbocycles. The molecule has 2 rings (SSSR count). The van der Waals surface area contributed by atoms with Crippen LogP contribution in [-0.4, -0.2) is 29.2 Å². The number of hydrogen-bond donors (Lipinski definition) is 2. The number of carbonyl (C=O) groups is 2. The summed E-state index contributed by atoms with van der Waals surface area (Å²) < 4.78 is 6.48. The first-order valence-corrected chi connectivity index (χ1v) is 9.35. The minimum atomic E-state index is -0.664. The lowest BCUT2D eigenvalue weighted by molar-refractivity contribution is -0.124. The van der Waals surface area contributed by atoms with Crippen molar-refractivity contribution in [3.63, 3.8) is 0 Å². The highest BCUT2D eigenvalue weighted by Crippen LogP contribution is 2.07. The lowest BCUT2D eigenvalue weighted by Gasteiger charge is -2.21. The van der Waals surface area contributed by atoms with Gasteiger partial charge in [0.15, 0.2) is 0 Å². The van der Waals surface area contributed by atoms with Crippen molar-refractivity contribution in [2.45, 2.75) is 39.9 Å². The Morgan fingerprint density at radius 2 is 1.75 bits per heavy atom. The zero-order valence-electron chi connectivity index (χ0n) is 16.5. The molecule has 0 aliphatic carbocycles. The van der Waals surface area contributed by atoms with Crippen LogP contribution in [0.1, 0.15) is 31.9 Å². The molecule has 28 heavy (non-hydrogen) atoms. The van der Waals surface area contributed by atoms with Crippen LogP contribution in [0.4, 0.5) is 4.79 Å². The predicted octanol–water partition coefficient (Wildman–Crippen LogP) is 2.28. The molecule has 0 aliphatic rings. The van der Waals surface area contributed by atoms with Crippen molar-refractivity contribution in [2.24, 2.45) is 5.92 Å². The number of nitrogens with one attached hydrogen (secondary N) is 2. The summed E-state index contributed by atoms with van der Waals surface area (Å²) >= 11 is 0. The SMILES string of the molecule is CCOC(=O)NC(C(=O)NCc1ccc(Cn2ccccc2=O)cc1)C(C)C. The van der Waals surface area contributed by atoms with Crippen LogP contribution in [0.15, 0.2) is 53.5 Å². The fourth-order valence-corrected chi connectivity index (χ4v) is 2.68. The number of ether oxygens (including phenoxy) is 1. The van der Waals surface area contributed by atoms with E-state index in [-0.39, 0.29) is 24.0 Å². The van der Waals surface area contributed by atoms with Gasteiger partial charge >= 0.3 is 6.09 Å². The van der Waals surface area contributed by atoms with E-state index in [1.165, 1.54) is 6.07 Å². The summed E-state index contributed by atoms with van der Waals surface area (Å²) in [7, 11) is 0. The quantitative estimate of drug-likeness (QED) is 0.730. The van der Waals surface area contributed by atoms with E-state index in [4.69, 9.17) is 4.74 Å². The van der Waals surface area contributed by atoms with Crippen molar-refractivity contribution < 1.29 is 14.3 Å². The molecule has 0 saturated carbocycles. The molecule has 0 saturated heterocycles. The topological polar surface area (TPSA) is 89.4 Å². The van der Waals surface area contributed by atoms with Gasteiger partial charge in [-0.15, -0.1) is 0 Å². The van der Waals surface area contributed by atoms with Crippen molar-refractivity contribution in [1.82, 2.24) is 15.2 Å². The van der Waals surface area contributed by atoms with E-state index >= 15 is 0 Å². The Hall–Kier alpha value is -3.09. The molecule has 0 bridgehead atoms. The fourth-order valence-electron chi connectivity index (χ4n) is 2.68. The number of carbonyl (C=O) groups excluding carboxylic acids is 2. The molecule has 1 aromatic heterocycles. The van der Waals surface area contributed by atoms with Gasteiger partial charge in [-0.05, 0) is 30.0 Å². The van der Waals surface area contributed by atoms with Crippen LogP contribution in [0.25, 0.3) is 0 Å². The maximum atomic E-state index is 12.4. The van der Waals surface area contributed by atoms with E-state index in [2.05, 4.69) is 10.6 Å². The zero-order chi connectivity index (χ0) is 20.5. The van der Waals surface area contributed by atoms with Gasteiger partial charge in [0.1, 0.15) is 6.04 Å².